The molecule has 0 saturated heterocycles. The Kier molecular flexibility index (Phi) is 7.61. The molecule has 0 aliphatic heterocycles. The Morgan fingerprint density at radius 1 is 1.37 bits per heavy atom. The largest absolute Gasteiger partial charge is 0.383 e. The Labute approximate surface area is 125 Å². The molecule has 0 spiro atoms. The van der Waals surface area contributed by atoms with Crippen LogP contribution in [0.15, 0.2) is 28.7 Å². The minimum absolute atomic E-state index is 0.131. The first-order valence-electron chi connectivity index (χ1n) is 6.88. The highest BCUT2D eigenvalue weighted by Gasteiger charge is 2.24. The van der Waals surface area contributed by atoms with Crippen LogP contribution in [0.1, 0.15) is 31.9 Å². The number of likely N-dealkylation sites (N-methyl/N-ethyl adjacent to an activating group) is 1. The summed E-state index contributed by atoms with van der Waals surface area (Å²) < 4.78 is 6.30. The van der Waals surface area contributed by atoms with E-state index in [1.165, 1.54) is 5.56 Å². The second-order valence-corrected chi connectivity index (χ2v) is 5.61. The summed E-state index contributed by atoms with van der Waals surface area (Å²) in [5.74, 6) is 0. The number of nitrogens with zero attached hydrogens (tertiary/aromatic N) is 1. The van der Waals surface area contributed by atoms with Crippen LogP contribution in [0.25, 0.3) is 0 Å². The molecule has 0 aliphatic rings. The molecule has 2 N–H and O–H groups in total. The average Bonchev–Trinajstić information content (AvgIpc) is 2.42. The van der Waals surface area contributed by atoms with Gasteiger partial charge in [-0.05, 0) is 30.7 Å². The summed E-state index contributed by atoms with van der Waals surface area (Å²) >= 11 is 3.54. The smallest absolute Gasteiger partial charge is 0.0589 e. The minimum Gasteiger partial charge on any atom is -0.383 e. The third-order valence-electron chi connectivity index (χ3n) is 3.45. The summed E-state index contributed by atoms with van der Waals surface area (Å²) in [5, 5.41) is 0. The van der Waals surface area contributed by atoms with Crippen LogP contribution >= 0.6 is 15.9 Å². The molecule has 0 fully saturated rings. The lowest BCUT2D eigenvalue weighted by atomic mass is 9.96. The third-order valence-corrected chi connectivity index (χ3v) is 3.94. The number of ether oxygens (including phenoxy) is 1. The summed E-state index contributed by atoms with van der Waals surface area (Å²) in [6, 6.07) is 8.80. The highest BCUT2D eigenvalue weighted by atomic mass is 79.9. The van der Waals surface area contributed by atoms with Gasteiger partial charge in [0.2, 0.25) is 0 Å². The molecule has 2 unspecified atom stereocenters. The van der Waals surface area contributed by atoms with E-state index in [2.05, 4.69) is 52.9 Å². The quantitative estimate of drug-likeness (QED) is 0.796. The summed E-state index contributed by atoms with van der Waals surface area (Å²) in [4.78, 5) is 2.39. The SMILES string of the molecule is CCC(N)C(c1cccc(Br)c1)N(CC)CCOC. The molecule has 4 heteroatoms. The second kappa shape index (κ2) is 8.69. The molecule has 0 radical (unpaired) electrons. The van der Waals surface area contributed by atoms with Crippen LogP contribution in [0.5, 0.6) is 0 Å². The van der Waals surface area contributed by atoms with E-state index in [1.54, 1.807) is 7.11 Å². The zero-order valence-electron chi connectivity index (χ0n) is 12.1. The van der Waals surface area contributed by atoms with Gasteiger partial charge in [-0.1, -0.05) is 41.9 Å². The Bertz CT molecular complexity index is 373. The third kappa shape index (κ3) is 4.88. The highest BCUT2D eigenvalue weighted by Crippen LogP contribution is 2.27. The summed E-state index contributed by atoms with van der Waals surface area (Å²) in [6.45, 7) is 6.91. The number of rotatable bonds is 8. The number of nitrogens with two attached hydrogens (primary N) is 1. The van der Waals surface area contributed by atoms with Gasteiger partial charge in [0.25, 0.3) is 0 Å². The van der Waals surface area contributed by atoms with Crippen molar-refractivity contribution in [2.45, 2.75) is 32.4 Å². The Hall–Kier alpha value is -0.420. The maximum Gasteiger partial charge on any atom is 0.0589 e. The normalized spacial score (nSPS) is 14.6. The standard InChI is InChI=1S/C15H25BrN2O/c1-4-14(17)15(18(5-2)9-10-19-3)12-7-6-8-13(16)11-12/h6-8,11,14-15H,4-5,9-10,17H2,1-3H3. The fraction of sp³-hybridized carbons (Fsp3) is 0.600. The lowest BCUT2D eigenvalue weighted by molar-refractivity contribution is 0.112. The first-order chi connectivity index (χ1) is 9.13. The van der Waals surface area contributed by atoms with Gasteiger partial charge >= 0.3 is 0 Å². The van der Waals surface area contributed by atoms with Crippen LogP contribution < -0.4 is 5.73 Å². The number of halogens is 1. The van der Waals surface area contributed by atoms with Gasteiger partial charge in [0.1, 0.15) is 0 Å². The van der Waals surface area contributed by atoms with E-state index in [4.69, 9.17) is 10.5 Å². The van der Waals surface area contributed by atoms with Gasteiger partial charge in [0.05, 0.1) is 6.61 Å². The van der Waals surface area contributed by atoms with Crippen LogP contribution in [-0.4, -0.2) is 37.7 Å². The maximum absolute atomic E-state index is 6.35. The van der Waals surface area contributed by atoms with Crippen LogP contribution in [0, 0.1) is 0 Å². The van der Waals surface area contributed by atoms with Gasteiger partial charge in [-0.3, -0.25) is 4.90 Å². The molecule has 0 heterocycles. The van der Waals surface area contributed by atoms with Gasteiger partial charge in [-0.25, -0.2) is 0 Å². The maximum atomic E-state index is 6.35. The first-order valence-corrected chi connectivity index (χ1v) is 7.67. The number of benzene rings is 1. The van der Waals surface area contributed by atoms with E-state index in [9.17, 15) is 0 Å². The molecule has 0 saturated carbocycles. The number of hydrogen-bond donors (Lipinski definition) is 1. The molecule has 1 aromatic rings. The second-order valence-electron chi connectivity index (χ2n) is 4.69. The van der Waals surface area contributed by atoms with Crippen molar-refractivity contribution in [1.29, 1.82) is 0 Å². The van der Waals surface area contributed by atoms with Crippen molar-refractivity contribution in [3.8, 4) is 0 Å². The lowest BCUT2D eigenvalue weighted by Gasteiger charge is -2.35. The predicted octanol–water partition coefficient (Wildman–Crippen LogP) is 3.20. The Balaban J connectivity index is 2.98. The van der Waals surface area contributed by atoms with Gasteiger partial charge < -0.3 is 10.5 Å². The monoisotopic (exact) mass is 328 g/mol. The fourth-order valence-corrected chi connectivity index (χ4v) is 2.76. The number of methoxy groups -OCH3 is 1. The molecule has 0 bridgehead atoms. The van der Waals surface area contributed by atoms with Crippen molar-refractivity contribution >= 4 is 15.9 Å². The van der Waals surface area contributed by atoms with Gasteiger partial charge in [-0.2, -0.15) is 0 Å². The molecular formula is C15H25BrN2O. The predicted molar refractivity (Wildman–Crippen MR) is 84.3 cm³/mol. The van der Waals surface area contributed by atoms with E-state index in [0.29, 0.717) is 0 Å². The molecule has 19 heavy (non-hydrogen) atoms. The van der Waals surface area contributed by atoms with E-state index in [-0.39, 0.29) is 12.1 Å². The van der Waals surface area contributed by atoms with Gasteiger partial charge in [-0.15, -0.1) is 0 Å². The lowest BCUT2D eigenvalue weighted by Crippen LogP contribution is -2.42. The van der Waals surface area contributed by atoms with Crippen molar-refractivity contribution in [2.75, 3.05) is 26.8 Å². The summed E-state index contributed by atoms with van der Waals surface area (Å²) in [6.07, 6.45) is 0.959. The molecule has 0 aromatic heterocycles. The minimum atomic E-state index is 0.131. The topological polar surface area (TPSA) is 38.5 Å². The van der Waals surface area contributed by atoms with Crippen molar-refractivity contribution in [3.05, 3.63) is 34.3 Å². The molecule has 2 atom stereocenters. The van der Waals surface area contributed by atoms with Crippen LogP contribution in [0.3, 0.4) is 0 Å². The molecule has 1 rings (SSSR count). The summed E-state index contributed by atoms with van der Waals surface area (Å²) in [5.41, 5.74) is 7.62. The average molecular weight is 329 g/mol. The van der Waals surface area contributed by atoms with Gasteiger partial charge in [0, 0.05) is 30.2 Å². The Morgan fingerprint density at radius 2 is 2.11 bits per heavy atom. The Morgan fingerprint density at radius 3 is 2.63 bits per heavy atom. The molecular weight excluding hydrogens is 304 g/mol. The van der Waals surface area contributed by atoms with E-state index >= 15 is 0 Å². The van der Waals surface area contributed by atoms with Crippen LogP contribution in [0.2, 0.25) is 0 Å². The zero-order valence-corrected chi connectivity index (χ0v) is 13.7. The van der Waals surface area contributed by atoms with E-state index < -0.39 is 0 Å². The van der Waals surface area contributed by atoms with Crippen molar-refractivity contribution in [2.24, 2.45) is 5.73 Å². The van der Waals surface area contributed by atoms with Crippen molar-refractivity contribution in [1.82, 2.24) is 4.90 Å². The number of hydrogen-bond acceptors (Lipinski definition) is 3. The fourth-order valence-electron chi connectivity index (χ4n) is 2.35. The van der Waals surface area contributed by atoms with Crippen LogP contribution in [-0.2, 0) is 4.74 Å². The molecule has 1 aromatic carbocycles. The zero-order chi connectivity index (χ0) is 14.3. The van der Waals surface area contributed by atoms with E-state index in [0.717, 1.165) is 30.6 Å². The molecule has 0 aliphatic carbocycles. The summed E-state index contributed by atoms with van der Waals surface area (Å²) in [7, 11) is 1.74. The van der Waals surface area contributed by atoms with Gasteiger partial charge in [0.15, 0.2) is 0 Å². The molecule has 108 valence electrons. The first kappa shape index (κ1) is 16.6. The molecule has 0 amide bonds. The van der Waals surface area contributed by atoms with Crippen molar-refractivity contribution in [3.63, 3.8) is 0 Å². The van der Waals surface area contributed by atoms with E-state index in [1.807, 2.05) is 6.07 Å². The van der Waals surface area contributed by atoms with Crippen LogP contribution in [0.4, 0.5) is 0 Å². The van der Waals surface area contributed by atoms with Crippen molar-refractivity contribution < 1.29 is 4.74 Å². The molecule has 3 nitrogen and oxygen atoms in total. The highest BCUT2D eigenvalue weighted by molar-refractivity contribution is 9.10.